The van der Waals surface area contributed by atoms with Gasteiger partial charge in [-0.1, -0.05) is 18.2 Å². The molecule has 0 saturated heterocycles. The van der Waals surface area contributed by atoms with E-state index in [1.54, 1.807) is 29.6 Å². The van der Waals surface area contributed by atoms with E-state index in [9.17, 15) is 18.0 Å². The second kappa shape index (κ2) is 8.99. The molecule has 0 radical (unpaired) electrons. The second-order valence-electron chi connectivity index (χ2n) is 7.42. The summed E-state index contributed by atoms with van der Waals surface area (Å²) < 4.78 is 45.6. The Kier molecular flexibility index (Phi) is 6.13. The number of anilines is 1. The van der Waals surface area contributed by atoms with Crippen LogP contribution < -0.4 is 5.32 Å². The third-order valence-electron chi connectivity index (χ3n) is 5.30. The van der Waals surface area contributed by atoms with Crippen molar-refractivity contribution < 1.29 is 22.7 Å². The summed E-state index contributed by atoms with van der Waals surface area (Å²) in [7, 11) is 1.49. The van der Waals surface area contributed by atoms with Gasteiger partial charge >= 0.3 is 6.18 Å². The molecule has 1 amide bonds. The molecule has 3 aromatic rings. The number of hydrogen-bond acceptors (Lipinski definition) is 5. The molecule has 10 heteroatoms. The molecule has 168 valence electrons. The summed E-state index contributed by atoms with van der Waals surface area (Å²) in [5, 5.41) is 3.09. The Morgan fingerprint density at radius 3 is 2.84 bits per heavy atom. The smallest absolute Gasteiger partial charge is 0.375 e. The lowest BCUT2D eigenvalue weighted by molar-refractivity contribution is -0.137. The van der Waals surface area contributed by atoms with Crippen LogP contribution >= 0.6 is 0 Å². The van der Waals surface area contributed by atoms with Crippen molar-refractivity contribution in [3.05, 3.63) is 65.8 Å². The molecule has 0 fully saturated rings. The fourth-order valence-electron chi connectivity index (χ4n) is 3.67. The molecule has 0 bridgehead atoms. The first kappa shape index (κ1) is 21.8. The van der Waals surface area contributed by atoms with E-state index in [1.165, 1.54) is 13.2 Å². The number of halogens is 3. The van der Waals surface area contributed by atoms with Crippen LogP contribution in [0.4, 0.5) is 19.0 Å². The first-order valence-electron chi connectivity index (χ1n) is 10.0. The lowest BCUT2D eigenvalue weighted by Gasteiger charge is -2.26. The summed E-state index contributed by atoms with van der Waals surface area (Å²) >= 11 is 0. The fourth-order valence-corrected chi connectivity index (χ4v) is 3.67. The molecule has 2 aromatic heterocycles. The SMILES string of the molecule is COCC(=O)N1CC=C(c2cnc3c(NCc4cccc(C(F)(F)F)c4)nccn23)CC1. The molecule has 0 unspecified atom stereocenters. The third-order valence-corrected chi connectivity index (χ3v) is 5.30. The molecule has 0 atom stereocenters. The van der Waals surface area contributed by atoms with Crippen LogP contribution in [0.15, 0.2) is 48.9 Å². The summed E-state index contributed by atoms with van der Waals surface area (Å²) in [4.78, 5) is 22.5. The zero-order valence-electron chi connectivity index (χ0n) is 17.4. The first-order chi connectivity index (χ1) is 15.4. The van der Waals surface area contributed by atoms with Crippen LogP contribution in [0.2, 0.25) is 0 Å². The molecule has 0 saturated carbocycles. The summed E-state index contributed by atoms with van der Waals surface area (Å²) in [5.41, 5.74) is 2.34. The molecule has 0 aliphatic carbocycles. The van der Waals surface area contributed by atoms with Crippen molar-refractivity contribution in [3.63, 3.8) is 0 Å². The molecule has 1 N–H and O–H groups in total. The Bertz CT molecular complexity index is 1160. The van der Waals surface area contributed by atoms with Crippen molar-refractivity contribution in [3.8, 4) is 0 Å². The average molecular weight is 445 g/mol. The highest BCUT2D eigenvalue weighted by Crippen LogP contribution is 2.30. The lowest BCUT2D eigenvalue weighted by atomic mass is 10.1. The van der Waals surface area contributed by atoms with E-state index in [0.29, 0.717) is 36.5 Å². The van der Waals surface area contributed by atoms with E-state index >= 15 is 0 Å². The van der Waals surface area contributed by atoms with E-state index in [1.807, 2.05) is 10.5 Å². The van der Waals surface area contributed by atoms with Gasteiger partial charge in [0.05, 0.1) is 17.5 Å². The number of rotatable bonds is 6. The Hall–Kier alpha value is -3.40. The number of alkyl halides is 3. The van der Waals surface area contributed by atoms with Crippen molar-refractivity contribution in [1.82, 2.24) is 19.3 Å². The fraction of sp³-hybridized carbons (Fsp3) is 0.318. The maximum atomic E-state index is 12.9. The molecule has 1 aliphatic rings. The number of benzene rings is 1. The number of carbonyl (C=O) groups excluding carboxylic acids is 1. The largest absolute Gasteiger partial charge is 0.416 e. The minimum atomic E-state index is -4.39. The molecular weight excluding hydrogens is 423 g/mol. The number of nitrogens with one attached hydrogen (secondary N) is 1. The maximum absolute atomic E-state index is 12.9. The molecule has 1 aliphatic heterocycles. The summed E-state index contributed by atoms with van der Waals surface area (Å²) in [5.74, 6) is 0.427. The van der Waals surface area contributed by atoms with Gasteiger partial charge in [0.15, 0.2) is 11.5 Å². The zero-order valence-corrected chi connectivity index (χ0v) is 17.4. The van der Waals surface area contributed by atoms with Crippen LogP contribution in [0.3, 0.4) is 0 Å². The van der Waals surface area contributed by atoms with Gasteiger partial charge in [0.1, 0.15) is 6.61 Å². The number of methoxy groups -OCH3 is 1. The highest BCUT2D eigenvalue weighted by Gasteiger charge is 2.30. The number of ether oxygens (including phenoxy) is 1. The van der Waals surface area contributed by atoms with Crippen molar-refractivity contribution in [2.24, 2.45) is 0 Å². The van der Waals surface area contributed by atoms with Gasteiger partial charge in [-0.25, -0.2) is 9.97 Å². The first-order valence-corrected chi connectivity index (χ1v) is 10.0. The van der Waals surface area contributed by atoms with Crippen LogP contribution in [0.5, 0.6) is 0 Å². The van der Waals surface area contributed by atoms with Crippen LogP contribution in [0.25, 0.3) is 11.2 Å². The molecule has 1 aromatic carbocycles. The highest BCUT2D eigenvalue weighted by atomic mass is 19.4. The van der Waals surface area contributed by atoms with Gasteiger partial charge in [0, 0.05) is 39.1 Å². The van der Waals surface area contributed by atoms with Gasteiger partial charge in [-0.15, -0.1) is 0 Å². The van der Waals surface area contributed by atoms with Gasteiger partial charge in [0.2, 0.25) is 5.91 Å². The number of amides is 1. The molecule has 3 heterocycles. The summed E-state index contributed by atoms with van der Waals surface area (Å²) in [6.45, 7) is 1.33. The number of fused-ring (bicyclic) bond motifs is 1. The summed E-state index contributed by atoms with van der Waals surface area (Å²) in [6.07, 6.45) is 3.44. The normalized spacial score (nSPS) is 14.5. The molecular formula is C22H22F3N5O2. The van der Waals surface area contributed by atoms with Gasteiger partial charge in [0.25, 0.3) is 0 Å². The topological polar surface area (TPSA) is 71.8 Å². The standard InChI is InChI=1S/C22H22F3N5O2/c1-32-14-19(31)29-8-5-16(6-9-29)18-13-28-21-20(26-7-10-30(18)21)27-12-15-3-2-4-17(11-15)22(23,24)25/h2-5,7,10-11,13H,6,8-9,12,14H2,1H3,(H,26,27). The Balaban J connectivity index is 1.51. The predicted octanol–water partition coefficient (Wildman–Crippen LogP) is 3.62. The van der Waals surface area contributed by atoms with Crippen LogP contribution in [-0.4, -0.2) is 52.0 Å². The average Bonchev–Trinajstić information content (AvgIpc) is 3.22. The van der Waals surface area contributed by atoms with Crippen molar-refractivity contribution in [2.45, 2.75) is 19.1 Å². The van der Waals surface area contributed by atoms with Crippen molar-refractivity contribution >= 4 is 22.9 Å². The van der Waals surface area contributed by atoms with Crippen LogP contribution in [0.1, 0.15) is 23.2 Å². The third kappa shape index (κ3) is 4.59. The zero-order chi connectivity index (χ0) is 22.7. The number of carbonyl (C=O) groups is 1. The van der Waals surface area contributed by atoms with E-state index in [0.717, 1.165) is 23.4 Å². The number of aromatic nitrogens is 3. The Morgan fingerprint density at radius 2 is 2.12 bits per heavy atom. The Labute approximate surface area is 182 Å². The number of nitrogens with zero attached hydrogens (tertiary/aromatic N) is 4. The molecule has 32 heavy (non-hydrogen) atoms. The molecule has 7 nitrogen and oxygen atoms in total. The summed E-state index contributed by atoms with van der Waals surface area (Å²) in [6, 6.07) is 5.18. The monoisotopic (exact) mass is 445 g/mol. The van der Waals surface area contributed by atoms with E-state index in [2.05, 4.69) is 15.3 Å². The van der Waals surface area contributed by atoms with E-state index < -0.39 is 11.7 Å². The van der Waals surface area contributed by atoms with Gasteiger partial charge < -0.3 is 15.0 Å². The van der Waals surface area contributed by atoms with Gasteiger partial charge in [-0.2, -0.15) is 13.2 Å². The number of imidazole rings is 1. The predicted molar refractivity (Wildman–Crippen MR) is 113 cm³/mol. The number of hydrogen-bond donors (Lipinski definition) is 1. The van der Waals surface area contributed by atoms with Crippen molar-refractivity contribution in [2.75, 3.05) is 32.1 Å². The van der Waals surface area contributed by atoms with E-state index in [4.69, 9.17) is 4.74 Å². The minimum absolute atomic E-state index is 0.0498. The molecule has 4 rings (SSSR count). The van der Waals surface area contributed by atoms with Crippen molar-refractivity contribution in [1.29, 1.82) is 0 Å². The van der Waals surface area contributed by atoms with Gasteiger partial charge in [-0.05, 0) is 29.7 Å². The van der Waals surface area contributed by atoms with E-state index in [-0.39, 0.29) is 19.1 Å². The second-order valence-corrected chi connectivity index (χ2v) is 7.42. The maximum Gasteiger partial charge on any atom is 0.416 e. The lowest BCUT2D eigenvalue weighted by Crippen LogP contribution is -2.37. The van der Waals surface area contributed by atoms with Gasteiger partial charge in [-0.3, -0.25) is 9.20 Å². The van der Waals surface area contributed by atoms with Crippen LogP contribution in [-0.2, 0) is 22.3 Å². The minimum Gasteiger partial charge on any atom is -0.375 e. The Morgan fingerprint density at radius 1 is 1.28 bits per heavy atom. The highest BCUT2D eigenvalue weighted by molar-refractivity contribution is 5.79. The molecule has 0 spiro atoms. The van der Waals surface area contributed by atoms with Crippen LogP contribution in [0, 0.1) is 0 Å². The quantitative estimate of drug-likeness (QED) is 0.628.